The second kappa shape index (κ2) is 13.6. The molecule has 0 unspecified atom stereocenters. The number of hydrogen-bond donors (Lipinski definition) is 3. The van der Waals surface area contributed by atoms with Crippen LogP contribution in [-0.2, 0) is 29.1 Å². The molecule has 3 N–H and O–H groups in total. The number of carbonyl (C=O) groups excluding carboxylic acids is 4. The Balaban J connectivity index is 1.43. The van der Waals surface area contributed by atoms with E-state index in [2.05, 4.69) is 26.9 Å². The fourth-order valence-electron chi connectivity index (χ4n) is 6.08. The molecule has 3 heterocycles. The minimum absolute atomic E-state index is 0.00462. The van der Waals surface area contributed by atoms with Gasteiger partial charge in [0, 0.05) is 30.2 Å². The molecule has 4 amide bonds. The van der Waals surface area contributed by atoms with Gasteiger partial charge < -0.3 is 25.0 Å². The lowest BCUT2D eigenvalue weighted by Crippen LogP contribution is -2.60. The van der Waals surface area contributed by atoms with E-state index in [9.17, 15) is 27.6 Å². The molecule has 0 spiro atoms. The summed E-state index contributed by atoms with van der Waals surface area (Å²) in [7, 11) is -3.89. The molecular formula is C35H47N5O8S2. The number of likely N-dealkylation sites (tertiary alicyclic amines) is 1. The fraction of sp³-hybridized carbons (Fsp3) is 0.571. The highest BCUT2D eigenvalue weighted by atomic mass is 32.2. The van der Waals surface area contributed by atoms with Gasteiger partial charge in [-0.1, -0.05) is 32.9 Å². The number of nitrogens with one attached hydrogen (secondary N) is 3. The summed E-state index contributed by atoms with van der Waals surface area (Å²) in [5, 5.41) is 6.81. The molecule has 1 aliphatic heterocycles. The van der Waals surface area contributed by atoms with Gasteiger partial charge in [0.15, 0.2) is 0 Å². The molecule has 5 rings (SSSR count). The Morgan fingerprint density at radius 2 is 1.84 bits per heavy atom. The van der Waals surface area contributed by atoms with Gasteiger partial charge >= 0.3 is 6.09 Å². The summed E-state index contributed by atoms with van der Waals surface area (Å²) >= 11 is 1.54. The van der Waals surface area contributed by atoms with Crippen LogP contribution in [0.5, 0.6) is 5.75 Å². The maximum atomic E-state index is 14.4. The quantitative estimate of drug-likeness (QED) is 0.288. The number of hydrogen-bond acceptors (Lipinski definition) is 10. The number of ether oxygens (including phenoxy) is 2. The van der Waals surface area contributed by atoms with Crippen molar-refractivity contribution in [3.05, 3.63) is 48.0 Å². The average molecular weight is 730 g/mol. The van der Waals surface area contributed by atoms with Gasteiger partial charge in [0.2, 0.25) is 21.8 Å². The van der Waals surface area contributed by atoms with Crippen molar-refractivity contribution >= 4 is 45.2 Å². The second-order valence-electron chi connectivity index (χ2n) is 15.4. The highest BCUT2D eigenvalue weighted by molar-refractivity contribution is 7.91. The van der Waals surface area contributed by atoms with Crippen LogP contribution in [0.4, 0.5) is 4.79 Å². The van der Waals surface area contributed by atoms with E-state index in [1.54, 1.807) is 53.7 Å². The Kier molecular flexibility index (Phi) is 10.2. The van der Waals surface area contributed by atoms with E-state index in [4.69, 9.17) is 9.47 Å². The van der Waals surface area contributed by atoms with Gasteiger partial charge in [0.25, 0.3) is 5.91 Å². The van der Waals surface area contributed by atoms with E-state index in [0.717, 1.165) is 16.3 Å². The molecule has 50 heavy (non-hydrogen) atoms. The Hall–Kier alpha value is -3.98. The first kappa shape index (κ1) is 37.3. The van der Waals surface area contributed by atoms with Gasteiger partial charge in [-0.3, -0.25) is 24.1 Å². The summed E-state index contributed by atoms with van der Waals surface area (Å²) in [5.74, 6) is -2.02. The van der Waals surface area contributed by atoms with Crippen molar-refractivity contribution in [2.24, 2.45) is 11.3 Å². The molecule has 2 aromatic rings. The number of thiophene rings is 1. The number of nitrogens with zero attached hydrogens (tertiary/aromatic N) is 2. The third-order valence-corrected chi connectivity index (χ3v) is 11.6. The summed E-state index contributed by atoms with van der Waals surface area (Å²) in [6, 6.07) is 5.25. The van der Waals surface area contributed by atoms with Crippen LogP contribution in [0.2, 0.25) is 0 Å². The Labute approximate surface area is 297 Å². The third-order valence-electron chi connectivity index (χ3n) is 8.87. The Bertz CT molecular complexity index is 1760. The zero-order valence-electron chi connectivity index (χ0n) is 29.6. The van der Waals surface area contributed by atoms with Gasteiger partial charge in [-0.15, -0.1) is 17.9 Å². The first-order valence-electron chi connectivity index (χ1n) is 16.7. The van der Waals surface area contributed by atoms with Gasteiger partial charge in [-0.05, 0) is 63.8 Å². The molecule has 5 atom stereocenters. The summed E-state index contributed by atoms with van der Waals surface area (Å²) in [5.41, 5.74) is -1.70. The van der Waals surface area contributed by atoms with Crippen molar-refractivity contribution in [3.63, 3.8) is 0 Å². The SMILES string of the molecule is C=C[C@@H]1C[C@]1(NC(=O)[C@@H]1C[C@@H](Oc2cc(C)nc(-c3cccs3)c2)CN1C(=O)[C@@H](NC(=O)OC(C)(C)C)C(C)(C)C)C(=O)NS(=O)(=O)C1CC1. The molecule has 272 valence electrons. The van der Waals surface area contributed by atoms with Crippen molar-refractivity contribution < 1.29 is 37.1 Å². The van der Waals surface area contributed by atoms with Gasteiger partial charge in [0.1, 0.15) is 35.1 Å². The normalized spacial score (nSPS) is 24.1. The molecule has 3 fully saturated rings. The largest absolute Gasteiger partial charge is 0.488 e. The van der Waals surface area contributed by atoms with Crippen LogP contribution in [0.3, 0.4) is 0 Å². The van der Waals surface area contributed by atoms with Crippen LogP contribution in [-0.4, -0.2) is 83.2 Å². The number of sulfonamides is 1. The highest BCUT2D eigenvalue weighted by Crippen LogP contribution is 2.45. The van der Waals surface area contributed by atoms with Gasteiger partial charge in [0.05, 0.1) is 22.4 Å². The van der Waals surface area contributed by atoms with Crippen LogP contribution in [0.15, 0.2) is 42.3 Å². The standard InChI is InChI=1S/C35H47N5O8S2/c1-9-21-18-35(21,31(43)39-50(45,46)24-12-13-24)38-29(41)26-17-23(47-22-15-20(2)36-25(16-22)27-11-10-14-49-27)19-40(26)30(42)28(33(3,4)5)37-32(44)48-34(6,7)8/h9-11,14-16,21,23-24,26,28H,1,12-13,17-19H2,2-8H3,(H,37,44)(H,38,41)(H,39,43)/t21-,23-,26+,28-,35-/m1/s1. The number of carbonyl (C=O) groups is 4. The molecule has 1 saturated heterocycles. The van der Waals surface area contributed by atoms with Crippen LogP contribution in [0.25, 0.3) is 10.6 Å². The van der Waals surface area contributed by atoms with Crippen molar-refractivity contribution in [2.45, 2.75) is 109 Å². The summed E-state index contributed by atoms with van der Waals surface area (Å²) in [6.07, 6.45) is 1.21. The predicted octanol–water partition coefficient (Wildman–Crippen LogP) is 4.08. The molecule has 15 heteroatoms. The first-order chi connectivity index (χ1) is 23.2. The molecule has 2 saturated carbocycles. The van der Waals surface area contributed by atoms with E-state index in [0.29, 0.717) is 18.6 Å². The van der Waals surface area contributed by atoms with Gasteiger partial charge in [-0.25, -0.2) is 13.2 Å². The zero-order valence-corrected chi connectivity index (χ0v) is 31.2. The smallest absolute Gasteiger partial charge is 0.408 e. The number of aryl methyl sites for hydroxylation is 1. The number of amides is 4. The number of aromatic nitrogens is 1. The lowest BCUT2D eigenvalue weighted by atomic mass is 9.85. The van der Waals surface area contributed by atoms with Crippen molar-refractivity contribution in [1.29, 1.82) is 0 Å². The molecule has 2 aromatic heterocycles. The van der Waals surface area contributed by atoms with Crippen LogP contribution in [0.1, 0.15) is 72.9 Å². The van der Waals surface area contributed by atoms with Crippen LogP contribution < -0.4 is 20.1 Å². The van der Waals surface area contributed by atoms with Crippen LogP contribution >= 0.6 is 11.3 Å². The molecule has 3 aliphatic rings. The Morgan fingerprint density at radius 1 is 1.14 bits per heavy atom. The second-order valence-corrected chi connectivity index (χ2v) is 18.3. The van der Waals surface area contributed by atoms with Crippen molar-refractivity contribution in [2.75, 3.05) is 6.54 Å². The molecular weight excluding hydrogens is 683 g/mol. The summed E-state index contributed by atoms with van der Waals surface area (Å²) < 4.78 is 39.3. The molecule has 2 aliphatic carbocycles. The average Bonchev–Trinajstić information content (AvgIpc) is 3.86. The number of rotatable bonds is 11. The minimum atomic E-state index is -3.89. The topological polar surface area (TPSA) is 173 Å². The first-order valence-corrected chi connectivity index (χ1v) is 19.1. The van der Waals surface area contributed by atoms with Crippen molar-refractivity contribution in [3.8, 4) is 16.3 Å². The van der Waals surface area contributed by atoms with Gasteiger partial charge in [-0.2, -0.15) is 0 Å². The van der Waals surface area contributed by atoms with Crippen LogP contribution in [0, 0.1) is 18.3 Å². The Morgan fingerprint density at radius 3 is 2.40 bits per heavy atom. The maximum Gasteiger partial charge on any atom is 0.408 e. The highest BCUT2D eigenvalue weighted by Gasteiger charge is 2.62. The van der Waals surface area contributed by atoms with E-state index < -0.39 is 79.7 Å². The lowest BCUT2D eigenvalue weighted by Gasteiger charge is -2.36. The van der Waals surface area contributed by atoms with Crippen molar-refractivity contribution in [1.82, 2.24) is 25.2 Å². The fourth-order valence-corrected chi connectivity index (χ4v) is 8.13. The summed E-state index contributed by atoms with van der Waals surface area (Å²) in [4.78, 5) is 61.9. The van der Waals surface area contributed by atoms with E-state index >= 15 is 0 Å². The molecule has 0 aromatic carbocycles. The van der Waals surface area contributed by atoms with E-state index in [-0.39, 0.29) is 19.4 Å². The minimum Gasteiger partial charge on any atom is -0.488 e. The molecule has 0 radical (unpaired) electrons. The molecule has 0 bridgehead atoms. The summed E-state index contributed by atoms with van der Waals surface area (Å²) in [6.45, 7) is 16.1. The molecule has 13 nitrogen and oxygen atoms in total. The monoisotopic (exact) mass is 729 g/mol. The number of pyridine rings is 1. The zero-order chi connectivity index (χ0) is 36.8. The predicted molar refractivity (Wildman–Crippen MR) is 189 cm³/mol. The van der Waals surface area contributed by atoms with E-state index in [1.807, 2.05) is 24.4 Å². The third kappa shape index (κ3) is 8.48. The maximum absolute atomic E-state index is 14.4. The number of alkyl carbamates (subject to hydrolysis) is 1. The lowest BCUT2D eigenvalue weighted by molar-refractivity contribution is -0.143. The van der Waals surface area contributed by atoms with E-state index in [1.165, 1.54) is 22.3 Å².